The molecule has 3 N–H and O–H groups in total. The molecule has 0 amide bonds. The van der Waals surface area contributed by atoms with E-state index >= 15 is 0 Å². The molecule has 1 saturated heterocycles. The number of aromatic nitrogens is 3. The van der Waals surface area contributed by atoms with Crippen molar-refractivity contribution in [1.29, 1.82) is 0 Å². The topological polar surface area (TPSA) is 65.6 Å². The first-order valence-electron chi connectivity index (χ1n) is 8.61. The summed E-state index contributed by atoms with van der Waals surface area (Å²) in [7, 11) is 0. The molecule has 2 aromatic heterocycles. The van der Waals surface area contributed by atoms with E-state index in [1.54, 1.807) is 18.2 Å². The standard InChI is InChI=1S/C18H17ClF3N5/c19-14-5-1-4-11-12(8-24-16(11)14)15-13(18(20,21)22)9-25-17(27-15)26-10-3-2-6-23-7-10/h1,4-5,8-10,23-24H,2-3,6-7H2,(H,25,26,27)/t10-/m0/s1. The van der Waals surface area contributed by atoms with Gasteiger partial charge in [0.05, 0.1) is 16.2 Å². The minimum Gasteiger partial charge on any atom is -0.359 e. The molecule has 1 aliphatic rings. The monoisotopic (exact) mass is 395 g/mol. The number of anilines is 1. The molecule has 0 spiro atoms. The number of hydrogen-bond acceptors (Lipinski definition) is 4. The summed E-state index contributed by atoms with van der Waals surface area (Å²) in [6.45, 7) is 1.66. The Morgan fingerprint density at radius 2 is 2.11 bits per heavy atom. The summed E-state index contributed by atoms with van der Waals surface area (Å²) < 4.78 is 40.7. The van der Waals surface area contributed by atoms with Crippen molar-refractivity contribution in [3.63, 3.8) is 0 Å². The minimum atomic E-state index is -4.57. The maximum absolute atomic E-state index is 13.6. The largest absolute Gasteiger partial charge is 0.419 e. The van der Waals surface area contributed by atoms with E-state index in [2.05, 4.69) is 25.6 Å². The summed E-state index contributed by atoms with van der Waals surface area (Å²) in [6.07, 6.45) is -0.325. The highest BCUT2D eigenvalue weighted by molar-refractivity contribution is 6.35. The Morgan fingerprint density at radius 1 is 1.26 bits per heavy atom. The molecule has 3 aromatic rings. The molecular formula is C18H17ClF3N5. The highest BCUT2D eigenvalue weighted by Gasteiger charge is 2.36. The first-order valence-corrected chi connectivity index (χ1v) is 8.99. The van der Waals surface area contributed by atoms with Crippen molar-refractivity contribution in [2.75, 3.05) is 18.4 Å². The number of rotatable bonds is 3. The Labute approximate surface area is 158 Å². The number of nitrogens with one attached hydrogen (secondary N) is 3. The smallest absolute Gasteiger partial charge is 0.359 e. The van der Waals surface area contributed by atoms with Crippen LogP contribution in [0, 0.1) is 0 Å². The zero-order valence-corrected chi connectivity index (χ0v) is 15.0. The predicted octanol–water partition coefficient (Wildman–Crippen LogP) is 4.46. The summed E-state index contributed by atoms with van der Waals surface area (Å²) in [4.78, 5) is 11.1. The molecule has 0 bridgehead atoms. The van der Waals surface area contributed by atoms with Crippen LogP contribution in [0.15, 0.2) is 30.6 Å². The quantitative estimate of drug-likeness (QED) is 0.612. The van der Waals surface area contributed by atoms with Crippen molar-refractivity contribution in [1.82, 2.24) is 20.3 Å². The Morgan fingerprint density at radius 3 is 2.85 bits per heavy atom. The molecule has 0 aliphatic carbocycles. The van der Waals surface area contributed by atoms with E-state index in [0.29, 0.717) is 21.5 Å². The molecule has 4 rings (SSSR count). The molecule has 3 heterocycles. The van der Waals surface area contributed by atoms with Crippen LogP contribution in [0.3, 0.4) is 0 Å². The van der Waals surface area contributed by atoms with Crippen LogP contribution in [0.5, 0.6) is 0 Å². The van der Waals surface area contributed by atoms with Crippen molar-refractivity contribution in [3.05, 3.63) is 41.2 Å². The van der Waals surface area contributed by atoms with Gasteiger partial charge in [-0.15, -0.1) is 0 Å². The fourth-order valence-corrected chi connectivity index (χ4v) is 3.56. The molecule has 1 aromatic carbocycles. The first kappa shape index (κ1) is 18.1. The van der Waals surface area contributed by atoms with E-state index in [1.807, 2.05) is 0 Å². The van der Waals surface area contributed by atoms with Gasteiger partial charge in [0.25, 0.3) is 0 Å². The van der Waals surface area contributed by atoms with E-state index in [4.69, 9.17) is 11.6 Å². The maximum Gasteiger partial charge on any atom is 0.419 e. The van der Waals surface area contributed by atoms with Crippen LogP contribution in [0.4, 0.5) is 19.1 Å². The molecule has 1 atom stereocenters. The van der Waals surface area contributed by atoms with E-state index in [0.717, 1.165) is 32.1 Å². The molecule has 5 nitrogen and oxygen atoms in total. The summed E-state index contributed by atoms with van der Waals surface area (Å²) in [5.74, 6) is 0.183. The van der Waals surface area contributed by atoms with Gasteiger partial charge in [0.2, 0.25) is 5.95 Å². The third-order valence-electron chi connectivity index (χ3n) is 4.64. The second-order valence-corrected chi connectivity index (χ2v) is 6.91. The summed E-state index contributed by atoms with van der Waals surface area (Å²) in [5, 5.41) is 7.40. The number of para-hydroxylation sites is 1. The number of alkyl halides is 3. The lowest BCUT2D eigenvalue weighted by molar-refractivity contribution is -0.137. The van der Waals surface area contributed by atoms with Crippen LogP contribution in [-0.4, -0.2) is 34.1 Å². The average molecular weight is 396 g/mol. The van der Waals surface area contributed by atoms with E-state index < -0.39 is 11.7 Å². The van der Waals surface area contributed by atoms with Gasteiger partial charge in [-0.1, -0.05) is 23.7 Å². The second-order valence-electron chi connectivity index (χ2n) is 6.51. The fraction of sp³-hybridized carbons (Fsp3) is 0.333. The molecular weight excluding hydrogens is 379 g/mol. The van der Waals surface area contributed by atoms with Crippen LogP contribution in [0.2, 0.25) is 5.02 Å². The van der Waals surface area contributed by atoms with Gasteiger partial charge in [0, 0.05) is 35.9 Å². The molecule has 0 unspecified atom stereocenters. The van der Waals surface area contributed by atoms with E-state index in [1.165, 1.54) is 6.20 Å². The average Bonchev–Trinajstić information content (AvgIpc) is 3.07. The Bertz CT molecular complexity index is 963. The van der Waals surface area contributed by atoms with Gasteiger partial charge in [0.1, 0.15) is 5.56 Å². The number of halogens is 4. The number of fused-ring (bicyclic) bond motifs is 1. The maximum atomic E-state index is 13.6. The lowest BCUT2D eigenvalue weighted by Crippen LogP contribution is -2.38. The van der Waals surface area contributed by atoms with Crippen LogP contribution < -0.4 is 10.6 Å². The number of H-pyrrole nitrogens is 1. The highest BCUT2D eigenvalue weighted by Crippen LogP contribution is 2.39. The van der Waals surface area contributed by atoms with Gasteiger partial charge < -0.3 is 15.6 Å². The first-order chi connectivity index (χ1) is 12.9. The number of piperidine rings is 1. The molecule has 1 aliphatic heterocycles. The molecule has 142 valence electrons. The lowest BCUT2D eigenvalue weighted by Gasteiger charge is -2.24. The van der Waals surface area contributed by atoms with Crippen molar-refractivity contribution in [2.45, 2.75) is 25.1 Å². The van der Waals surface area contributed by atoms with Crippen LogP contribution in [0.25, 0.3) is 22.2 Å². The third-order valence-corrected chi connectivity index (χ3v) is 4.96. The fourth-order valence-electron chi connectivity index (χ4n) is 3.34. The predicted molar refractivity (Wildman–Crippen MR) is 98.9 cm³/mol. The SMILES string of the molecule is FC(F)(F)c1cnc(N[C@H]2CCCNC2)nc1-c1c[nH]c2c(Cl)cccc12. The summed E-state index contributed by atoms with van der Waals surface area (Å²) >= 11 is 6.14. The van der Waals surface area contributed by atoms with Crippen molar-refractivity contribution < 1.29 is 13.2 Å². The van der Waals surface area contributed by atoms with Gasteiger partial charge in [0.15, 0.2) is 0 Å². The number of aromatic amines is 1. The zero-order valence-electron chi connectivity index (χ0n) is 14.2. The zero-order chi connectivity index (χ0) is 19.0. The molecule has 0 radical (unpaired) electrons. The second kappa shape index (κ2) is 7.01. The van der Waals surface area contributed by atoms with Crippen LogP contribution in [0.1, 0.15) is 18.4 Å². The van der Waals surface area contributed by atoms with E-state index in [9.17, 15) is 13.2 Å². The molecule has 0 saturated carbocycles. The van der Waals surface area contributed by atoms with Gasteiger partial charge in [-0.05, 0) is 25.5 Å². The van der Waals surface area contributed by atoms with Crippen molar-refractivity contribution >= 4 is 28.5 Å². The number of benzene rings is 1. The van der Waals surface area contributed by atoms with Gasteiger partial charge in [-0.2, -0.15) is 13.2 Å². The van der Waals surface area contributed by atoms with Crippen molar-refractivity contribution in [2.24, 2.45) is 0 Å². The van der Waals surface area contributed by atoms with Gasteiger partial charge >= 0.3 is 6.18 Å². The van der Waals surface area contributed by atoms with E-state index in [-0.39, 0.29) is 17.7 Å². The van der Waals surface area contributed by atoms with Crippen LogP contribution in [-0.2, 0) is 6.18 Å². The molecule has 9 heteroatoms. The summed E-state index contributed by atoms with van der Waals surface area (Å²) in [6, 6.07) is 5.18. The Hall–Kier alpha value is -2.32. The lowest BCUT2D eigenvalue weighted by atomic mass is 10.1. The molecule has 1 fully saturated rings. The number of nitrogens with zero attached hydrogens (tertiary/aromatic N) is 2. The Balaban J connectivity index is 1.80. The Kier molecular flexibility index (Phi) is 4.69. The van der Waals surface area contributed by atoms with Gasteiger partial charge in [-0.3, -0.25) is 0 Å². The number of hydrogen-bond donors (Lipinski definition) is 3. The van der Waals surface area contributed by atoms with Crippen molar-refractivity contribution in [3.8, 4) is 11.3 Å². The molecule has 27 heavy (non-hydrogen) atoms. The van der Waals surface area contributed by atoms with Gasteiger partial charge in [-0.25, -0.2) is 9.97 Å². The highest BCUT2D eigenvalue weighted by atomic mass is 35.5. The normalized spacial score (nSPS) is 18.0. The third kappa shape index (κ3) is 3.59. The summed E-state index contributed by atoms with van der Waals surface area (Å²) in [5.41, 5.74) is -0.132. The minimum absolute atomic E-state index is 0.0840. The van der Waals surface area contributed by atoms with Crippen LogP contribution >= 0.6 is 11.6 Å².